The second kappa shape index (κ2) is 10.3. The van der Waals surface area contributed by atoms with Crippen LogP contribution < -0.4 is 10.6 Å². The van der Waals surface area contributed by atoms with Crippen molar-refractivity contribution < 1.29 is 23.5 Å². The molecule has 9 nitrogen and oxygen atoms in total. The van der Waals surface area contributed by atoms with Crippen LogP contribution in [0.15, 0.2) is 40.7 Å². The van der Waals surface area contributed by atoms with Gasteiger partial charge in [-0.1, -0.05) is 11.8 Å². The zero-order valence-corrected chi connectivity index (χ0v) is 19.3. The predicted molar refractivity (Wildman–Crippen MR) is 120 cm³/mol. The first kappa shape index (κ1) is 23.2. The van der Waals surface area contributed by atoms with Gasteiger partial charge in [0.15, 0.2) is 11.0 Å². The van der Waals surface area contributed by atoms with Crippen molar-refractivity contribution in [2.45, 2.75) is 50.5 Å². The summed E-state index contributed by atoms with van der Waals surface area (Å²) in [5.41, 5.74) is 1.60. The Labute approximate surface area is 195 Å². The Morgan fingerprint density at radius 3 is 2.82 bits per heavy atom. The molecule has 176 valence electrons. The van der Waals surface area contributed by atoms with Crippen LogP contribution in [0.5, 0.6) is 0 Å². The first-order valence-electron chi connectivity index (χ1n) is 10.9. The molecule has 33 heavy (non-hydrogen) atoms. The number of thioether (sulfide) groups is 1. The molecule has 2 atom stereocenters. The molecule has 2 amide bonds. The van der Waals surface area contributed by atoms with Gasteiger partial charge in [-0.3, -0.25) is 4.57 Å². The van der Waals surface area contributed by atoms with E-state index in [1.165, 1.54) is 23.9 Å². The number of ether oxygens (including phenoxy) is 2. The van der Waals surface area contributed by atoms with E-state index in [0.29, 0.717) is 41.2 Å². The average molecular weight is 476 g/mol. The first-order chi connectivity index (χ1) is 16.0. The number of aromatic nitrogens is 3. The number of esters is 1. The van der Waals surface area contributed by atoms with Crippen LogP contribution in [0.4, 0.5) is 9.18 Å². The molecule has 0 bridgehead atoms. The van der Waals surface area contributed by atoms with E-state index in [2.05, 4.69) is 20.8 Å². The highest BCUT2D eigenvalue weighted by molar-refractivity contribution is 7.99. The van der Waals surface area contributed by atoms with Crippen LogP contribution in [-0.4, -0.2) is 57.9 Å². The van der Waals surface area contributed by atoms with Crippen LogP contribution in [0.1, 0.15) is 26.7 Å². The van der Waals surface area contributed by atoms with Crippen molar-refractivity contribution >= 4 is 23.8 Å². The lowest BCUT2D eigenvalue weighted by molar-refractivity contribution is -0.138. The van der Waals surface area contributed by atoms with Crippen LogP contribution >= 0.6 is 11.8 Å². The lowest BCUT2D eigenvalue weighted by Gasteiger charge is -2.26. The molecule has 3 heterocycles. The van der Waals surface area contributed by atoms with Gasteiger partial charge in [0.05, 0.1) is 30.9 Å². The summed E-state index contributed by atoms with van der Waals surface area (Å²) in [6.07, 6.45) is 1.96. The third-order valence-corrected chi connectivity index (χ3v) is 6.43. The minimum atomic E-state index is -0.479. The van der Waals surface area contributed by atoms with E-state index in [-0.39, 0.29) is 24.6 Å². The van der Waals surface area contributed by atoms with Gasteiger partial charge in [-0.2, -0.15) is 0 Å². The van der Waals surface area contributed by atoms with E-state index in [9.17, 15) is 14.0 Å². The monoisotopic (exact) mass is 475 g/mol. The number of rotatable bonds is 8. The standard InChI is InChI=1S/C22H26FN5O4S/c1-3-31-20(29)18-13(2)24-21(30)25-17(18)12-33-22-27-26-19(14-6-8-15(23)9-7-14)28(22)11-16-5-4-10-32-16/h6-9,13,16H,3-5,10-12H2,1-2H3,(H2,24,25,30)/t13-,16-/m1/s1. The van der Waals surface area contributed by atoms with Crippen LogP contribution in [0.3, 0.4) is 0 Å². The van der Waals surface area contributed by atoms with Crippen molar-refractivity contribution in [1.29, 1.82) is 0 Å². The normalized spacial score (nSPS) is 20.5. The summed E-state index contributed by atoms with van der Waals surface area (Å²) in [5, 5.41) is 14.7. The van der Waals surface area contributed by atoms with Crippen LogP contribution in [-0.2, 0) is 20.8 Å². The zero-order valence-electron chi connectivity index (χ0n) is 18.5. The van der Waals surface area contributed by atoms with Gasteiger partial charge < -0.3 is 20.1 Å². The van der Waals surface area contributed by atoms with Crippen molar-refractivity contribution in [1.82, 2.24) is 25.4 Å². The summed E-state index contributed by atoms with van der Waals surface area (Å²) in [7, 11) is 0. The fraction of sp³-hybridized carbons (Fsp3) is 0.455. The summed E-state index contributed by atoms with van der Waals surface area (Å²) in [6.45, 7) is 4.98. The van der Waals surface area contributed by atoms with Crippen molar-refractivity contribution in [3.05, 3.63) is 41.4 Å². The maximum absolute atomic E-state index is 13.4. The minimum Gasteiger partial charge on any atom is -0.463 e. The predicted octanol–water partition coefficient (Wildman–Crippen LogP) is 2.87. The van der Waals surface area contributed by atoms with Crippen LogP contribution in [0.25, 0.3) is 11.4 Å². The smallest absolute Gasteiger partial charge is 0.337 e. The molecule has 2 aromatic rings. The first-order valence-corrected chi connectivity index (χ1v) is 11.9. The number of nitrogens with zero attached hydrogens (tertiary/aromatic N) is 3. The summed E-state index contributed by atoms with van der Waals surface area (Å²) in [5.74, 6) is 0.0999. The van der Waals surface area contributed by atoms with Gasteiger partial charge in [0, 0.05) is 23.6 Å². The highest BCUT2D eigenvalue weighted by atomic mass is 32.2. The fourth-order valence-corrected chi connectivity index (χ4v) is 4.81. The molecule has 11 heteroatoms. The number of carbonyl (C=O) groups is 2. The van der Waals surface area contributed by atoms with E-state index in [4.69, 9.17) is 9.47 Å². The maximum Gasteiger partial charge on any atom is 0.337 e. The molecular weight excluding hydrogens is 449 g/mol. The van der Waals surface area contributed by atoms with E-state index >= 15 is 0 Å². The van der Waals surface area contributed by atoms with Crippen molar-refractivity contribution in [2.24, 2.45) is 0 Å². The lowest BCUT2D eigenvalue weighted by atomic mass is 10.1. The van der Waals surface area contributed by atoms with Crippen molar-refractivity contribution in [3.8, 4) is 11.4 Å². The molecule has 0 spiro atoms. The molecule has 2 N–H and O–H groups in total. The number of nitrogens with one attached hydrogen (secondary N) is 2. The number of hydrogen-bond donors (Lipinski definition) is 2. The molecule has 4 rings (SSSR count). The summed E-state index contributed by atoms with van der Waals surface area (Å²) < 4.78 is 26.4. The second-order valence-electron chi connectivity index (χ2n) is 7.78. The topological polar surface area (TPSA) is 107 Å². The number of amides is 2. The molecule has 0 aliphatic carbocycles. The number of benzene rings is 1. The molecule has 1 fully saturated rings. The highest BCUT2D eigenvalue weighted by Crippen LogP contribution is 2.29. The molecule has 2 aliphatic rings. The Morgan fingerprint density at radius 2 is 2.12 bits per heavy atom. The number of hydrogen-bond acceptors (Lipinski definition) is 7. The molecule has 1 aromatic carbocycles. The Hall–Kier alpha value is -2.92. The zero-order chi connectivity index (χ0) is 23.4. The van der Waals surface area contributed by atoms with Crippen molar-refractivity contribution in [2.75, 3.05) is 19.0 Å². The Balaban J connectivity index is 1.62. The van der Waals surface area contributed by atoms with E-state index in [1.807, 2.05) is 4.57 Å². The fourth-order valence-electron chi connectivity index (χ4n) is 3.89. The molecular formula is C22H26FN5O4S. The van der Waals surface area contributed by atoms with E-state index in [1.54, 1.807) is 26.0 Å². The molecule has 1 aromatic heterocycles. The summed E-state index contributed by atoms with van der Waals surface area (Å²) in [6, 6.07) is 5.24. The van der Waals surface area contributed by atoms with Gasteiger partial charge in [0.1, 0.15) is 5.82 Å². The molecule has 2 aliphatic heterocycles. The number of carbonyl (C=O) groups excluding carboxylic acids is 2. The van der Waals surface area contributed by atoms with Crippen LogP contribution in [0.2, 0.25) is 0 Å². The van der Waals surface area contributed by atoms with Crippen LogP contribution in [0, 0.1) is 5.82 Å². The van der Waals surface area contributed by atoms with Gasteiger partial charge in [-0.15, -0.1) is 10.2 Å². The lowest BCUT2D eigenvalue weighted by Crippen LogP contribution is -2.49. The van der Waals surface area contributed by atoms with E-state index in [0.717, 1.165) is 18.4 Å². The SMILES string of the molecule is CCOC(=O)C1=C(CSc2nnc(-c3ccc(F)cc3)n2C[C@H]2CCCO2)NC(=O)N[C@@H]1C. The highest BCUT2D eigenvalue weighted by Gasteiger charge is 2.30. The Kier molecular flexibility index (Phi) is 7.29. The quantitative estimate of drug-likeness (QED) is 0.447. The minimum absolute atomic E-state index is 0.0347. The number of urea groups is 1. The molecule has 0 radical (unpaired) electrons. The van der Waals surface area contributed by atoms with Crippen molar-refractivity contribution in [3.63, 3.8) is 0 Å². The van der Waals surface area contributed by atoms with E-state index < -0.39 is 12.0 Å². The van der Waals surface area contributed by atoms with Gasteiger partial charge in [-0.25, -0.2) is 14.0 Å². The third-order valence-electron chi connectivity index (χ3n) is 5.44. The third kappa shape index (κ3) is 5.36. The maximum atomic E-state index is 13.4. The molecule has 0 saturated carbocycles. The Bertz CT molecular complexity index is 1050. The van der Waals surface area contributed by atoms with Gasteiger partial charge in [-0.05, 0) is 51.0 Å². The summed E-state index contributed by atoms with van der Waals surface area (Å²) in [4.78, 5) is 24.5. The van der Waals surface area contributed by atoms with Gasteiger partial charge in [0.2, 0.25) is 0 Å². The van der Waals surface area contributed by atoms with Gasteiger partial charge >= 0.3 is 12.0 Å². The van der Waals surface area contributed by atoms with Gasteiger partial charge in [0.25, 0.3) is 0 Å². The Morgan fingerprint density at radius 1 is 1.33 bits per heavy atom. The molecule has 0 unspecified atom stereocenters. The largest absolute Gasteiger partial charge is 0.463 e. The summed E-state index contributed by atoms with van der Waals surface area (Å²) >= 11 is 1.35. The average Bonchev–Trinajstić information content (AvgIpc) is 3.43. The number of halogens is 1. The molecule has 1 saturated heterocycles. The second-order valence-corrected chi connectivity index (χ2v) is 8.72.